The molecule has 0 aromatic rings. The molecule has 0 bridgehead atoms. The van der Waals surface area contributed by atoms with Crippen molar-refractivity contribution in [2.45, 2.75) is 25.2 Å². The number of rotatable bonds is 6. The molecule has 5 heteroatoms. The molecule has 0 aliphatic rings. The van der Waals surface area contributed by atoms with E-state index in [1.54, 1.807) is 14.2 Å². The SMILES string of the molecule is CO[SiH](CO)CC[Si](C)(C)OC. The molecule has 0 radical (unpaired) electrons. The Bertz CT molecular complexity index is 115. The van der Waals surface area contributed by atoms with Crippen molar-refractivity contribution in [1.82, 2.24) is 0 Å². The summed E-state index contributed by atoms with van der Waals surface area (Å²) >= 11 is 0. The Morgan fingerprint density at radius 2 is 1.92 bits per heavy atom. The molecule has 0 aliphatic heterocycles. The molecule has 0 aromatic heterocycles. The second kappa shape index (κ2) is 5.87. The summed E-state index contributed by atoms with van der Waals surface area (Å²) in [5.41, 5.74) is 0. The average Bonchev–Trinajstić information content (AvgIpc) is 2.06. The third kappa shape index (κ3) is 5.05. The lowest BCUT2D eigenvalue weighted by atomic mass is 10.9. The molecule has 0 fully saturated rings. The summed E-state index contributed by atoms with van der Waals surface area (Å²) in [6, 6.07) is 2.12. The van der Waals surface area contributed by atoms with Crippen LogP contribution in [0.1, 0.15) is 0 Å². The highest BCUT2D eigenvalue weighted by molar-refractivity contribution is 6.72. The number of aliphatic hydroxyl groups excluding tert-OH is 1. The predicted molar refractivity (Wildman–Crippen MR) is 55.3 cm³/mol. The molecule has 0 heterocycles. The van der Waals surface area contributed by atoms with E-state index in [0.717, 1.165) is 12.1 Å². The topological polar surface area (TPSA) is 38.7 Å². The highest BCUT2D eigenvalue weighted by Crippen LogP contribution is 2.14. The average molecular weight is 208 g/mol. The monoisotopic (exact) mass is 208 g/mol. The van der Waals surface area contributed by atoms with Crippen LogP contribution in [0, 0.1) is 0 Å². The van der Waals surface area contributed by atoms with Gasteiger partial charge in [0.05, 0.1) is 6.23 Å². The van der Waals surface area contributed by atoms with Crippen LogP contribution in [0.2, 0.25) is 25.2 Å². The molecule has 0 aliphatic carbocycles. The largest absolute Gasteiger partial charge is 0.421 e. The van der Waals surface area contributed by atoms with Gasteiger partial charge in [-0.15, -0.1) is 0 Å². The van der Waals surface area contributed by atoms with Crippen LogP contribution in [0.25, 0.3) is 0 Å². The van der Waals surface area contributed by atoms with Gasteiger partial charge in [0.15, 0.2) is 8.32 Å². The van der Waals surface area contributed by atoms with Crippen LogP contribution in [0.4, 0.5) is 0 Å². The molecule has 1 atom stereocenters. The van der Waals surface area contributed by atoms with E-state index in [-0.39, 0.29) is 6.23 Å². The fraction of sp³-hybridized carbons (Fsp3) is 1.00. The summed E-state index contributed by atoms with van der Waals surface area (Å²) < 4.78 is 10.6. The second-order valence-corrected chi connectivity index (χ2v) is 10.6. The summed E-state index contributed by atoms with van der Waals surface area (Å²) in [5.74, 6) is 0. The number of hydrogen-bond donors (Lipinski definition) is 1. The van der Waals surface area contributed by atoms with Crippen LogP contribution in [0.5, 0.6) is 0 Å². The minimum atomic E-state index is -1.43. The van der Waals surface area contributed by atoms with Gasteiger partial charge < -0.3 is 14.0 Å². The molecule has 0 rings (SSSR count). The Labute approximate surface area is 77.6 Å². The lowest BCUT2D eigenvalue weighted by Crippen LogP contribution is -2.32. The van der Waals surface area contributed by atoms with Gasteiger partial charge in [-0.25, -0.2) is 0 Å². The molecule has 0 saturated heterocycles. The molecule has 12 heavy (non-hydrogen) atoms. The summed E-state index contributed by atoms with van der Waals surface area (Å²) in [4.78, 5) is 0. The van der Waals surface area contributed by atoms with Crippen molar-refractivity contribution < 1.29 is 14.0 Å². The summed E-state index contributed by atoms with van der Waals surface area (Å²) in [5, 5.41) is 8.91. The maximum Gasteiger partial charge on any atom is 0.201 e. The van der Waals surface area contributed by atoms with E-state index in [2.05, 4.69) is 13.1 Å². The molecule has 0 amide bonds. The van der Waals surface area contributed by atoms with Crippen molar-refractivity contribution in [3.63, 3.8) is 0 Å². The normalized spacial score (nSPS) is 14.8. The summed E-state index contributed by atoms with van der Waals surface area (Å²) in [6.07, 6.45) is 0.241. The maximum absolute atomic E-state index is 8.91. The predicted octanol–water partition coefficient (Wildman–Crippen LogP) is 0.740. The molecular formula is C7H20O3Si2. The van der Waals surface area contributed by atoms with Crippen molar-refractivity contribution in [3.8, 4) is 0 Å². The van der Waals surface area contributed by atoms with Gasteiger partial charge in [0.1, 0.15) is 0 Å². The lowest BCUT2D eigenvalue weighted by molar-refractivity contribution is 0.315. The molecule has 0 spiro atoms. The fourth-order valence-electron chi connectivity index (χ4n) is 0.894. The molecule has 0 saturated carbocycles. The van der Waals surface area contributed by atoms with E-state index in [1.807, 2.05) is 0 Å². The highest BCUT2D eigenvalue weighted by Gasteiger charge is 2.22. The van der Waals surface area contributed by atoms with Crippen molar-refractivity contribution in [1.29, 1.82) is 0 Å². The van der Waals surface area contributed by atoms with E-state index in [4.69, 9.17) is 14.0 Å². The quantitative estimate of drug-likeness (QED) is 0.654. The smallest absolute Gasteiger partial charge is 0.201 e. The summed E-state index contributed by atoms with van der Waals surface area (Å²) in [7, 11) is 0.737. The minimum absolute atomic E-state index is 0.241. The van der Waals surface area contributed by atoms with Crippen molar-refractivity contribution in [2.75, 3.05) is 20.4 Å². The molecule has 0 aromatic carbocycles. The van der Waals surface area contributed by atoms with Gasteiger partial charge in [0.25, 0.3) is 0 Å². The Balaban J connectivity index is 3.65. The van der Waals surface area contributed by atoms with Crippen molar-refractivity contribution in [3.05, 3.63) is 0 Å². The Morgan fingerprint density at radius 3 is 2.25 bits per heavy atom. The van der Waals surface area contributed by atoms with Crippen LogP contribution in [-0.2, 0) is 8.85 Å². The van der Waals surface area contributed by atoms with E-state index < -0.39 is 17.4 Å². The zero-order valence-corrected chi connectivity index (χ0v) is 10.6. The first-order valence-corrected chi connectivity index (χ1v) is 9.46. The fourth-order valence-corrected chi connectivity index (χ4v) is 5.73. The first-order valence-electron chi connectivity index (χ1n) is 4.24. The maximum atomic E-state index is 8.91. The van der Waals surface area contributed by atoms with E-state index in [9.17, 15) is 0 Å². The standard InChI is InChI=1S/C7H20O3Si2/c1-9-11(7-8)5-6-12(3,4)10-2/h8,11H,5-7H2,1-4H3. The van der Waals surface area contributed by atoms with Gasteiger partial charge in [0.2, 0.25) is 9.04 Å². The molecular weight excluding hydrogens is 188 g/mol. The van der Waals surface area contributed by atoms with Crippen LogP contribution in [-0.4, -0.2) is 42.9 Å². The molecule has 1 unspecified atom stereocenters. The lowest BCUT2D eigenvalue weighted by Gasteiger charge is -2.21. The second-order valence-electron chi connectivity index (χ2n) is 3.54. The van der Waals surface area contributed by atoms with Gasteiger partial charge in [0, 0.05) is 14.2 Å². The first-order chi connectivity index (χ1) is 5.55. The number of hydrogen-bond acceptors (Lipinski definition) is 3. The third-order valence-corrected chi connectivity index (χ3v) is 7.34. The van der Waals surface area contributed by atoms with Crippen molar-refractivity contribution >= 4 is 17.4 Å². The van der Waals surface area contributed by atoms with E-state index >= 15 is 0 Å². The third-order valence-electron chi connectivity index (χ3n) is 2.16. The van der Waals surface area contributed by atoms with Gasteiger partial charge in [-0.1, -0.05) is 0 Å². The number of aliphatic hydroxyl groups is 1. The summed E-state index contributed by atoms with van der Waals surface area (Å²) in [6.45, 7) is 4.37. The minimum Gasteiger partial charge on any atom is -0.421 e. The zero-order chi connectivity index (χ0) is 9.61. The molecule has 3 nitrogen and oxygen atoms in total. The van der Waals surface area contributed by atoms with E-state index in [0.29, 0.717) is 0 Å². The Morgan fingerprint density at radius 1 is 1.33 bits per heavy atom. The Hall–Kier alpha value is 0.314. The van der Waals surface area contributed by atoms with Gasteiger partial charge in [-0.2, -0.15) is 0 Å². The van der Waals surface area contributed by atoms with Gasteiger partial charge in [-0.3, -0.25) is 0 Å². The van der Waals surface area contributed by atoms with Crippen LogP contribution in [0.15, 0.2) is 0 Å². The van der Waals surface area contributed by atoms with Crippen LogP contribution >= 0.6 is 0 Å². The Kier molecular flexibility index (Phi) is 6.03. The van der Waals surface area contributed by atoms with Crippen LogP contribution < -0.4 is 0 Å². The van der Waals surface area contributed by atoms with Gasteiger partial charge >= 0.3 is 0 Å². The highest BCUT2D eigenvalue weighted by atomic mass is 28.4. The molecule has 1 N–H and O–H groups in total. The van der Waals surface area contributed by atoms with Crippen molar-refractivity contribution in [2.24, 2.45) is 0 Å². The first kappa shape index (κ1) is 12.3. The van der Waals surface area contributed by atoms with E-state index in [1.165, 1.54) is 0 Å². The van der Waals surface area contributed by atoms with Gasteiger partial charge in [-0.05, 0) is 25.2 Å². The molecule has 74 valence electrons. The zero-order valence-electron chi connectivity index (χ0n) is 8.46. The van der Waals surface area contributed by atoms with Crippen LogP contribution in [0.3, 0.4) is 0 Å².